The zero-order valence-electron chi connectivity index (χ0n) is 28.5. The zero-order chi connectivity index (χ0) is 33.6. The average Bonchev–Trinajstić information content (AvgIpc) is 3.04. The van der Waals surface area contributed by atoms with E-state index in [2.05, 4.69) is 38.2 Å². The van der Waals surface area contributed by atoms with Gasteiger partial charge in [0.2, 0.25) is 11.8 Å². The van der Waals surface area contributed by atoms with Gasteiger partial charge in [0.05, 0.1) is 26.3 Å². The number of ether oxygens (including phenoxy) is 3. The van der Waals surface area contributed by atoms with E-state index in [4.69, 9.17) is 14.2 Å². The quantitative estimate of drug-likeness (QED) is 0.357. The molecule has 1 aliphatic heterocycles. The third kappa shape index (κ3) is 10.8. The lowest BCUT2D eigenvalue weighted by molar-refractivity contribution is -0.139. The van der Waals surface area contributed by atoms with Gasteiger partial charge in [0.25, 0.3) is 0 Å². The first-order valence-electron chi connectivity index (χ1n) is 16.5. The molecule has 0 bridgehead atoms. The van der Waals surface area contributed by atoms with Gasteiger partial charge in [-0.3, -0.25) is 9.59 Å². The van der Waals surface area contributed by atoms with Crippen molar-refractivity contribution in [2.45, 2.75) is 71.3 Å². The second kappa shape index (κ2) is 19.0. The van der Waals surface area contributed by atoms with Crippen LogP contribution in [0, 0.1) is 18.8 Å². The van der Waals surface area contributed by atoms with Crippen LogP contribution in [0.3, 0.4) is 0 Å². The highest BCUT2D eigenvalue weighted by molar-refractivity contribution is 5.79. The lowest BCUT2D eigenvalue weighted by atomic mass is 9.82. The van der Waals surface area contributed by atoms with Crippen LogP contribution in [0.4, 0.5) is 0 Å². The highest BCUT2D eigenvalue weighted by Crippen LogP contribution is 2.36. The molecule has 256 valence electrons. The maximum Gasteiger partial charge on any atom is 0.237 e. The second-order valence-corrected chi connectivity index (χ2v) is 12.6. The molecule has 2 amide bonds. The maximum absolute atomic E-state index is 14.2. The van der Waals surface area contributed by atoms with Crippen molar-refractivity contribution in [3.8, 4) is 5.75 Å². The normalized spacial score (nSPS) is 23.9. The number of aliphatic hydroxyl groups is 2. The number of amides is 2. The van der Waals surface area contributed by atoms with Crippen molar-refractivity contribution in [3.63, 3.8) is 0 Å². The second-order valence-electron chi connectivity index (χ2n) is 12.6. The van der Waals surface area contributed by atoms with Gasteiger partial charge < -0.3 is 39.5 Å². The molecule has 10 nitrogen and oxygen atoms in total. The SMILES string of the molecule is COc1cccc([C@@H]2[C@@H](C(C)C)CN(C(C)=O)C[C@H](OC)[C@@H](O)[C@@H](O)COCCCCN2C(=O)CNCCc2ccccc2C)c1. The molecule has 1 heterocycles. The molecule has 3 rings (SSSR count). The molecule has 1 saturated heterocycles. The molecule has 0 spiro atoms. The summed E-state index contributed by atoms with van der Waals surface area (Å²) in [5.41, 5.74) is 3.40. The number of nitrogens with one attached hydrogen (secondary N) is 1. The number of benzene rings is 2. The number of rotatable bonds is 9. The molecular weight excluding hydrogens is 586 g/mol. The van der Waals surface area contributed by atoms with E-state index in [1.807, 2.05) is 41.3 Å². The molecule has 46 heavy (non-hydrogen) atoms. The fourth-order valence-corrected chi connectivity index (χ4v) is 6.15. The van der Waals surface area contributed by atoms with Gasteiger partial charge in [-0.1, -0.05) is 50.2 Å². The van der Waals surface area contributed by atoms with E-state index >= 15 is 0 Å². The van der Waals surface area contributed by atoms with Crippen LogP contribution < -0.4 is 10.1 Å². The van der Waals surface area contributed by atoms with Gasteiger partial charge >= 0.3 is 0 Å². The first-order chi connectivity index (χ1) is 22.1. The first-order valence-corrected chi connectivity index (χ1v) is 16.5. The van der Waals surface area contributed by atoms with E-state index in [-0.39, 0.29) is 49.4 Å². The zero-order valence-corrected chi connectivity index (χ0v) is 28.5. The molecule has 0 unspecified atom stereocenters. The van der Waals surface area contributed by atoms with Crippen molar-refractivity contribution in [1.82, 2.24) is 15.1 Å². The molecule has 2 aromatic rings. The Labute approximate surface area is 275 Å². The molecule has 1 fully saturated rings. The Bertz CT molecular complexity index is 1230. The van der Waals surface area contributed by atoms with Crippen LogP contribution in [0.2, 0.25) is 0 Å². The van der Waals surface area contributed by atoms with E-state index in [0.717, 1.165) is 12.0 Å². The Hall–Kier alpha value is -3.02. The van der Waals surface area contributed by atoms with Gasteiger partial charge in [-0.05, 0) is 67.5 Å². The standard InChI is InChI=1S/C36H55N3O7/c1-25(2)31-22-38(27(4)40)23-33(45-6)36(43)32(41)24-46-19-10-9-18-39(35(31)29-14-11-15-30(20-29)44-5)34(42)21-37-17-16-28-13-8-7-12-26(28)3/h7-8,11-15,20,25,31-33,35-37,41,43H,9-10,16-19,21-24H2,1-6H3/t31-,32+,33+,35-,36+/m1/s1. The molecular formula is C36H55N3O7. The van der Waals surface area contributed by atoms with Gasteiger partial charge in [0.1, 0.15) is 24.1 Å². The highest BCUT2D eigenvalue weighted by Gasteiger charge is 2.37. The van der Waals surface area contributed by atoms with Crippen molar-refractivity contribution in [1.29, 1.82) is 0 Å². The summed E-state index contributed by atoms with van der Waals surface area (Å²) in [4.78, 5) is 30.9. The minimum Gasteiger partial charge on any atom is -0.497 e. The van der Waals surface area contributed by atoms with Gasteiger partial charge in [-0.25, -0.2) is 0 Å². The van der Waals surface area contributed by atoms with Crippen molar-refractivity contribution in [3.05, 3.63) is 65.2 Å². The molecule has 2 aromatic carbocycles. The molecule has 10 heteroatoms. The molecule has 1 aliphatic rings. The van der Waals surface area contributed by atoms with Crippen LogP contribution in [-0.4, -0.2) is 110 Å². The Morgan fingerprint density at radius 3 is 2.50 bits per heavy atom. The van der Waals surface area contributed by atoms with Gasteiger partial charge in [0.15, 0.2) is 0 Å². The lowest BCUT2D eigenvalue weighted by Crippen LogP contribution is -2.51. The fraction of sp³-hybridized carbons (Fsp3) is 0.611. The van der Waals surface area contributed by atoms with E-state index in [9.17, 15) is 19.8 Å². The first kappa shape index (κ1) is 37.4. The average molecular weight is 642 g/mol. The summed E-state index contributed by atoms with van der Waals surface area (Å²) >= 11 is 0. The molecule has 0 aliphatic carbocycles. The van der Waals surface area contributed by atoms with Crippen molar-refractivity contribution in [2.75, 3.05) is 60.2 Å². The summed E-state index contributed by atoms with van der Waals surface area (Å²) in [7, 11) is 3.08. The third-order valence-corrected chi connectivity index (χ3v) is 9.04. The van der Waals surface area contributed by atoms with Crippen molar-refractivity contribution in [2.24, 2.45) is 11.8 Å². The van der Waals surface area contributed by atoms with Gasteiger partial charge in [-0.15, -0.1) is 0 Å². The molecule has 3 N–H and O–H groups in total. The van der Waals surface area contributed by atoms with E-state index in [1.165, 1.54) is 25.2 Å². The van der Waals surface area contributed by atoms with Crippen LogP contribution in [0.15, 0.2) is 48.5 Å². The topological polar surface area (TPSA) is 121 Å². The van der Waals surface area contributed by atoms with E-state index in [0.29, 0.717) is 44.8 Å². The summed E-state index contributed by atoms with van der Waals surface area (Å²) in [6, 6.07) is 15.7. The Balaban J connectivity index is 2.00. The van der Waals surface area contributed by atoms with E-state index < -0.39 is 18.3 Å². The summed E-state index contributed by atoms with van der Waals surface area (Å²) in [6.07, 6.45) is -1.08. The minimum absolute atomic E-state index is 0.0246. The maximum atomic E-state index is 14.2. The van der Waals surface area contributed by atoms with E-state index in [1.54, 1.807) is 12.0 Å². The van der Waals surface area contributed by atoms with Crippen LogP contribution in [0.25, 0.3) is 0 Å². The number of aliphatic hydroxyl groups excluding tert-OH is 2. The Kier molecular flexibility index (Phi) is 15.4. The van der Waals surface area contributed by atoms with Crippen LogP contribution >= 0.6 is 0 Å². The number of carbonyl (C=O) groups excluding carboxylic acids is 2. The summed E-state index contributed by atoms with van der Waals surface area (Å²) in [5, 5.41) is 24.9. The number of hydrogen-bond acceptors (Lipinski definition) is 8. The number of nitrogens with zero attached hydrogens (tertiary/aromatic N) is 2. The number of methoxy groups -OCH3 is 2. The third-order valence-electron chi connectivity index (χ3n) is 9.04. The van der Waals surface area contributed by atoms with Crippen LogP contribution in [0.5, 0.6) is 5.75 Å². The minimum atomic E-state index is -1.24. The molecule has 0 aromatic heterocycles. The van der Waals surface area contributed by atoms with Crippen LogP contribution in [0.1, 0.15) is 56.3 Å². The molecule has 5 atom stereocenters. The molecule has 0 saturated carbocycles. The lowest BCUT2D eigenvalue weighted by Gasteiger charge is -2.42. The predicted octanol–water partition coefficient (Wildman–Crippen LogP) is 3.37. The predicted molar refractivity (Wildman–Crippen MR) is 179 cm³/mol. The monoisotopic (exact) mass is 641 g/mol. The summed E-state index contributed by atoms with van der Waals surface area (Å²) < 4.78 is 16.9. The largest absolute Gasteiger partial charge is 0.497 e. The van der Waals surface area contributed by atoms with Crippen molar-refractivity contribution < 1.29 is 34.0 Å². The Morgan fingerprint density at radius 1 is 1.07 bits per heavy atom. The highest BCUT2D eigenvalue weighted by atomic mass is 16.5. The van der Waals surface area contributed by atoms with Crippen LogP contribution in [-0.2, 0) is 25.5 Å². The van der Waals surface area contributed by atoms with Crippen molar-refractivity contribution >= 4 is 11.8 Å². The smallest absolute Gasteiger partial charge is 0.237 e. The fourth-order valence-electron chi connectivity index (χ4n) is 6.15. The van der Waals surface area contributed by atoms with Gasteiger partial charge in [0, 0.05) is 46.2 Å². The number of hydrogen-bond donors (Lipinski definition) is 3. The number of carbonyl (C=O) groups is 2. The molecule has 0 radical (unpaired) electrons. The summed E-state index contributed by atoms with van der Waals surface area (Å²) in [5.74, 6) is 0.373. The Morgan fingerprint density at radius 2 is 1.83 bits per heavy atom. The van der Waals surface area contributed by atoms with Gasteiger partial charge in [-0.2, -0.15) is 0 Å². The summed E-state index contributed by atoms with van der Waals surface area (Å²) in [6.45, 7) is 9.82. The number of aryl methyl sites for hydroxylation is 1.